The number of carbonyl (C=O) groups excluding carboxylic acids is 1. The molecule has 0 bridgehead atoms. The summed E-state index contributed by atoms with van der Waals surface area (Å²) >= 11 is 0. The van der Waals surface area contributed by atoms with Crippen LogP contribution in [0.4, 0.5) is 0 Å². The van der Waals surface area contributed by atoms with Crippen LogP contribution >= 0.6 is 12.4 Å². The maximum atomic E-state index is 11.6. The number of rotatable bonds is 6. The fourth-order valence-corrected chi connectivity index (χ4v) is 1.93. The van der Waals surface area contributed by atoms with Crippen molar-refractivity contribution in [3.8, 4) is 0 Å². The third kappa shape index (κ3) is 5.68. The summed E-state index contributed by atoms with van der Waals surface area (Å²) in [7, 11) is 0. The van der Waals surface area contributed by atoms with Gasteiger partial charge in [-0.15, -0.1) is 12.4 Å². The van der Waals surface area contributed by atoms with Crippen LogP contribution in [0.2, 0.25) is 0 Å². The van der Waals surface area contributed by atoms with E-state index in [1.54, 1.807) is 0 Å². The summed E-state index contributed by atoms with van der Waals surface area (Å²) < 4.78 is 5.19. The molecule has 2 unspecified atom stereocenters. The van der Waals surface area contributed by atoms with E-state index in [-0.39, 0.29) is 30.3 Å². The summed E-state index contributed by atoms with van der Waals surface area (Å²) in [5.41, 5.74) is 5.76. The van der Waals surface area contributed by atoms with Gasteiger partial charge in [0.1, 0.15) is 0 Å². The summed E-state index contributed by atoms with van der Waals surface area (Å²) in [6.45, 7) is 4.15. The van der Waals surface area contributed by atoms with Gasteiger partial charge in [0, 0.05) is 31.7 Å². The Bertz CT molecular complexity index is 202. The molecule has 5 heteroatoms. The van der Waals surface area contributed by atoms with Gasteiger partial charge in [-0.05, 0) is 32.6 Å². The van der Waals surface area contributed by atoms with Crippen molar-refractivity contribution in [2.75, 3.05) is 19.8 Å². The monoisotopic (exact) mass is 250 g/mol. The van der Waals surface area contributed by atoms with Crippen molar-refractivity contribution >= 4 is 18.3 Å². The van der Waals surface area contributed by atoms with E-state index < -0.39 is 0 Å². The molecule has 3 N–H and O–H groups in total. The largest absolute Gasteiger partial charge is 0.382 e. The standard InChI is InChI=1S/C11H22N2O2.ClH/c1-2-15-7-3-6-13-11(14)9-4-5-10(12)8-9;/h9-10H,2-8,12H2,1H3,(H,13,14);1H. The smallest absolute Gasteiger partial charge is 0.223 e. The Kier molecular flexibility index (Phi) is 8.61. The van der Waals surface area contributed by atoms with Crippen LogP contribution < -0.4 is 11.1 Å². The molecule has 0 heterocycles. The van der Waals surface area contributed by atoms with Gasteiger partial charge in [-0.25, -0.2) is 0 Å². The normalized spacial score (nSPS) is 23.9. The van der Waals surface area contributed by atoms with E-state index in [0.717, 1.165) is 38.9 Å². The molecule has 1 aliphatic carbocycles. The first-order valence-electron chi connectivity index (χ1n) is 5.85. The van der Waals surface area contributed by atoms with Crippen LogP contribution in [0.15, 0.2) is 0 Å². The van der Waals surface area contributed by atoms with Gasteiger partial charge in [0.05, 0.1) is 0 Å². The average Bonchev–Trinajstić information content (AvgIpc) is 2.64. The van der Waals surface area contributed by atoms with Crippen molar-refractivity contribution in [2.24, 2.45) is 11.7 Å². The second-order valence-corrected chi connectivity index (χ2v) is 4.11. The van der Waals surface area contributed by atoms with Crippen molar-refractivity contribution in [1.29, 1.82) is 0 Å². The number of carbonyl (C=O) groups is 1. The van der Waals surface area contributed by atoms with Crippen molar-refractivity contribution in [3.63, 3.8) is 0 Å². The highest BCUT2D eigenvalue weighted by Gasteiger charge is 2.27. The minimum atomic E-state index is 0. The molecule has 4 nitrogen and oxygen atoms in total. The summed E-state index contributed by atoms with van der Waals surface area (Å²) in [6, 6.07) is 0.226. The van der Waals surface area contributed by atoms with E-state index in [0.29, 0.717) is 6.54 Å². The molecule has 0 saturated heterocycles. The van der Waals surface area contributed by atoms with E-state index in [1.807, 2.05) is 6.92 Å². The minimum absolute atomic E-state index is 0. The number of amides is 1. The molecule has 2 atom stereocenters. The average molecular weight is 251 g/mol. The van der Waals surface area contributed by atoms with Crippen LogP contribution in [0.5, 0.6) is 0 Å². The quantitative estimate of drug-likeness (QED) is 0.694. The first kappa shape index (κ1) is 15.7. The third-order valence-corrected chi connectivity index (χ3v) is 2.81. The molecular formula is C11H23ClN2O2. The lowest BCUT2D eigenvalue weighted by molar-refractivity contribution is -0.124. The Hall–Kier alpha value is -0.320. The molecule has 0 aliphatic heterocycles. The van der Waals surface area contributed by atoms with Gasteiger partial charge in [-0.2, -0.15) is 0 Å². The molecule has 0 radical (unpaired) electrons. The number of hydrogen-bond donors (Lipinski definition) is 2. The van der Waals surface area contributed by atoms with E-state index in [2.05, 4.69) is 5.32 Å². The predicted octanol–water partition coefficient (Wildman–Crippen LogP) is 1.08. The second kappa shape index (κ2) is 8.79. The fourth-order valence-electron chi connectivity index (χ4n) is 1.93. The van der Waals surface area contributed by atoms with Crippen molar-refractivity contribution in [1.82, 2.24) is 5.32 Å². The summed E-state index contributed by atoms with van der Waals surface area (Å²) in [5, 5.41) is 2.93. The van der Waals surface area contributed by atoms with Gasteiger partial charge < -0.3 is 15.8 Å². The second-order valence-electron chi connectivity index (χ2n) is 4.11. The Morgan fingerprint density at radius 2 is 2.25 bits per heavy atom. The Morgan fingerprint density at radius 3 is 2.81 bits per heavy atom. The zero-order valence-corrected chi connectivity index (χ0v) is 10.7. The molecule has 0 aromatic carbocycles. The predicted molar refractivity (Wildman–Crippen MR) is 66.7 cm³/mol. The van der Waals surface area contributed by atoms with Gasteiger partial charge in [-0.1, -0.05) is 0 Å². The van der Waals surface area contributed by atoms with Gasteiger partial charge in [0.25, 0.3) is 0 Å². The van der Waals surface area contributed by atoms with E-state index in [9.17, 15) is 4.79 Å². The zero-order chi connectivity index (χ0) is 11.1. The molecule has 1 amide bonds. The molecule has 1 rings (SSSR count). The Morgan fingerprint density at radius 1 is 1.50 bits per heavy atom. The first-order chi connectivity index (χ1) is 7.24. The number of halogens is 1. The summed E-state index contributed by atoms with van der Waals surface area (Å²) in [4.78, 5) is 11.6. The van der Waals surface area contributed by atoms with Gasteiger partial charge in [0.15, 0.2) is 0 Å². The van der Waals surface area contributed by atoms with Crippen LogP contribution in [0.1, 0.15) is 32.6 Å². The van der Waals surface area contributed by atoms with E-state index in [1.165, 1.54) is 0 Å². The van der Waals surface area contributed by atoms with Crippen LogP contribution in [0, 0.1) is 5.92 Å². The number of hydrogen-bond acceptors (Lipinski definition) is 3. The highest BCUT2D eigenvalue weighted by molar-refractivity contribution is 5.85. The lowest BCUT2D eigenvalue weighted by atomic mass is 10.1. The Balaban J connectivity index is 0.00000225. The van der Waals surface area contributed by atoms with E-state index in [4.69, 9.17) is 10.5 Å². The van der Waals surface area contributed by atoms with Crippen molar-refractivity contribution in [2.45, 2.75) is 38.6 Å². The fraction of sp³-hybridized carbons (Fsp3) is 0.909. The maximum Gasteiger partial charge on any atom is 0.223 e. The molecule has 0 spiro atoms. The molecule has 16 heavy (non-hydrogen) atoms. The summed E-state index contributed by atoms with van der Waals surface area (Å²) in [6.07, 6.45) is 3.66. The first-order valence-corrected chi connectivity index (χ1v) is 5.85. The van der Waals surface area contributed by atoms with Gasteiger partial charge >= 0.3 is 0 Å². The topological polar surface area (TPSA) is 64.3 Å². The highest BCUT2D eigenvalue weighted by atomic mass is 35.5. The number of ether oxygens (including phenoxy) is 1. The zero-order valence-electron chi connectivity index (χ0n) is 9.91. The van der Waals surface area contributed by atoms with Crippen LogP contribution in [-0.2, 0) is 9.53 Å². The van der Waals surface area contributed by atoms with Crippen molar-refractivity contribution in [3.05, 3.63) is 0 Å². The van der Waals surface area contributed by atoms with E-state index >= 15 is 0 Å². The van der Waals surface area contributed by atoms with Gasteiger partial charge in [-0.3, -0.25) is 4.79 Å². The third-order valence-electron chi connectivity index (χ3n) is 2.81. The molecule has 1 saturated carbocycles. The molecular weight excluding hydrogens is 228 g/mol. The lowest BCUT2D eigenvalue weighted by Crippen LogP contribution is -2.31. The van der Waals surface area contributed by atoms with Crippen LogP contribution in [-0.4, -0.2) is 31.7 Å². The van der Waals surface area contributed by atoms with Crippen molar-refractivity contribution < 1.29 is 9.53 Å². The van der Waals surface area contributed by atoms with Crippen LogP contribution in [0.25, 0.3) is 0 Å². The SMILES string of the molecule is CCOCCCNC(=O)C1CCC(N)C1.Cl. The molecule has 1 aliphatic rings. The maximum absolute atomic E-state index is 11.6. The molecule has 0 aromatic rings. The highest BCUT2D eigenvalue weighted by Crippen LogP contribution is 2.23. The molecule has 0 aromatic heterocycles. The lowest BCUT2D eigenvalue weighted by Gasteiger charge is -2.10. The Labute approximate surface area is 104 Å². The minimum Gasteiger partial charge on any atom is -0.382 e. The van der Waals surface area contributed by atoms with Crippen LogP contribution in [0.3, 0.4) is 0 Å². The van der Waals surface area contributed by atoms with Gasteiger partial charge in [0.2, 0.25) is 5.91 Å². The number of nitrogens with two attached hydrogens (primary N) is 1. The number of nitrogens with one attached hydrogen (secondary N) is 1. The molecule has 1 fully saturated rings. The molecule has 96 valence electrons. The summed E-state index contributed by atoms with van der Waals surface area (Å²) in [5.74, 6) is 0.312.